The van der Waals surface area contributed by atoms with Crippen LogP contribution in [0.2, 0.25) is 0 Å². The summed E-state index contributed by atoms with van der Waals surface area (Å²) in [6, 6.07) is 0. The number of carbonyl (C=O) groups excluding carboxylic acids is 2. The molecule has 0 aliphatic rings. The summed E-state index contributed by atoms with van der Waals surface area (Å²) in [6.07, 6.45) is 1.97. The summed E-state index contributed by atoms with van der Waals surface area (Å²) in [5, 5.41) is 9.78. The van der Waals surface area contributed by atoms with Gasteiger partial charge in [-0.25, -0.2) is 9.59 Å². The normalized spacial score (nSPS) is 15.1. The zero-order chi connectivity index (χ0) is 15.1. The first-order chi connectivity index (χ1) is 8.71. The first-order valence-corrected chi connectivity index (χ1v) is 6.47. The molecule has 0 aromatic carbocycles. The molecule has 0 heterocycles. The number of aliphatic hydroxyl groups is 1. The lowest BCUT2D eigenvalue weighted by atomic mass is 9.99. The maximum atomic E-state index is 11.5. The Bertz CT molecular complexity index is 327. The number of ether oxygens (including phenoxy) is 2. The van der Waals surface area contributed by atoms with Crippen molar-refractivity contribution in [2.75, 3.05) is 6.61 Å². The van der Waals surface area contributed by atoms with Crippen molar-refractivity contribution >= 4 is 11.9 Å². The van der Waals surface area contributed by atoms with Crippen molar-refractivity contribution in [1.82, 2.24) is 0 Å². The van der Waals surface area contributed by atoms with Crippen molar-refractivity contribution in [3.63, 3.8) is 0 Å². The molecule has 0 aliphatic heterocycles. The highest BCUT2D eigenvalue weighted by molar-refractivity contribution is 5.82. The van der Waals surface area contributed by atoms with E-state index in [0.29, 0.717) is 6.42 Å². The predicted octanol–water partition coefficient (Wildman–Crippen LogP) is 1.83. The third-order valence-electron chi connectivity index (χ3n) is 2.29. The van der Waals surface area contributed by atoms with Crippen molar-refractivity contribution in [1.29, 1.82) is 0 Å². The van der Waals surface area contributed by atoms with Crippen LogP contribution in [0, 0.1) is 5.92 Å². The van der Waals surface area contributed by atoms with Crippen LogP contribution in [0.5, 0.6) is 0 Å². The van der Waals surface area contributed by atoms with Gasteiger partial charge in [0.25, 0.3) is 0 Å². The van der Waals surface area contributed by atoms with E-state index < -0.39 is 29.6 Å². The van der Waals surface area contributed by atoms with Gasteiger partial charge in [0, 0.05) is 12.0 Å². The number of hydrogen-bond donors (Lipinski definition) is 1. The summed E-state index contributed by atoms with van der Waals surface area (Å²) in [6.45, 7) is 8.99. The van der Waals surface area contributed by atoms with E-state index in [-0.39, 0.29) is 6.61 Å². The van der Waals surface area contributed by atoms with Gasteiger partial charge < -0.3 is 14.6 Å². The van der Waals surface area contributed by atoms with Crippen LogP contribution >= 0.6 is 0 Å². The Hall–Kier alpha value is -1.36. The molecule has 5 heteroatoms. The highest BCUT2D eigenvalue weighted by Gasteiger charge is 2.24. The molecule has 5 nitrogen and oxygen atoms in total. The lowest BCUT2D eigenvalue weighted by molar-refractivity contribution is -0.155. The highest BCUT2D eigenvalue weighted by atomic mass is 16.6. The third kappa shape index (κ3) is 7.62. The molecule has 0 spiro atoms. The van der Waals surface area contributed by atoms with Gasteiger partial charge in [-0.15, -0.1) is 0 Å². The quantitative estimate of drug-likeness (QED) is 0.590. The van der Waals surface area contributed by atoms with Gasteiger partial charge in [-0.3, -0.25) is 0 Å². The molecule has 0 unspecified atom stereocenters. The summed E-state index contributed by atoms with van der Waals surface area (Å²) in [7, 11) is 0. The molecule has 19 heavy (non-hydrogen) atoms. The van der Waals surface area contributed by atoms with E-state index in [1.165, 1.54) is 12.2 Å². The van der Waals surface area contributed by atoms with Crippen LogP contribution in [-0.4, -0.2) is 35.4 Å². The third-order valence-corrected chi connectivity index (χ3v) is 2.29. The van der Waals surface area contributed by atoms with Crippen LogP contribution in [0.25, 0.3) is 0 Å². The predicted molar refractivity (Wildman–Crippen MR) is 71.4 cm³/mol. The molecule has 0 aromatic heterocycles. The SMILES string of the molecule is CCOC(=O)[C@H](O)[C@@H](/C=C/C(=O)OC(C)(C)C)CC. The summed E-state index contributed by atoms with van der Waals surface area (Å²) in [5.41, 5.74) is -0.567. The molecular formula is C14H24O5. The molecule has 0 amide bonds. The first kappa shape index (κ1) is 17.6. The van der Waals surface area contributed by atoms with Crippen LogP contribution in [0.1, 0.15) is 41.0 Å². The van der Waals surface area contributed by atoms with Gasteiger partial charge in [0.1, 0.15) is 5.60 Å². The molecule has 110 valence electrons. The van der Waals surface area contributed by atoms with E-state index in [9.17, 15) is 14.7 Å². The molecule has 0 bridgehead atoms. The minimum atomic E-state index is -1.26. The summed E-state index contributed by atoms with van der Waals surface area (Å²) < 4.78 is 9.83. The molecule has 0 radical (unpaired) electrons. The van der Waals surface area contributed by atoms with Crippen molar-refractivity contribution in [2.45, 2.75) is 52.7 Å². The molecule has 0 saturated heterocycles. The van der Waals surface area contributed by atoms with Gasteiger partial charge in [0.2, 0.25) is 0 Å². The maximum Gasteiger partial charge on any atom is 0.335 e. The van der Waals surface area contributed by atoms with Crippen molar-refractivity contribution in [3.05, 3.63) is 12.2 Å². The largest absolute Gasteiger partial charge is 0.464 e. The van der Waals surface area contributed by atoms with Gasteiger partial charge in [0.15, 0.2) is 6.10 Å². The van der Waals surface area contributed by atoms with Gasteiger partial charge in [-0.1, -0.05) is 13.0 Å². The van der Waals surface area contributed by atoms with Gasteiger partial charge in [-0.05, 0) is 34.1 Å². The second-order valence-corrected chi connectivity index (χ2v) is 5.16. The lowest BCUT2D eigenvalue weighted by Crippen LogP contribution is -2.30. The second kappa shape index (κ2) is 7.94. The van der Waals surface area contributed by atoms with E-state index >= 15 is 0 Å². The standard InChI is InChI=1S/C14H24O5/c1-6-10(12(16)13(17)18-7-2)8-9-11(15)19-14(3,4)5/h8-10,12,16H,6-7H2,1-5H3/b9-8+/t10-,12-/m1/s1. The van der Waals surface area contributed by atoms with E-state index in [0.717, 1.165) is 0 Å². The van der Waals surface area contributed by atoms with Crippen molar-refractivity contribution in [2.24, 2.45) is 5.92 Å². The molecule has 0 rings (SSSR count). The van der Waals surface area contributed by atoms with Crippen LogP contribution in [-0.2, 0) is 19.1 Å². The summed E-state index contributed by atoms with van der Waals surface area (Å²) in [4.78, 5) is 22.9. The molecule has 0 fully saturated rings. The van der Waals surface area contributed by atoms with Crippen LogP contribution in [0.3, 0.4) is 0 Å². The van der Waals surface area contributed by atoms with Crippen LogP contribution < -0.4 is 0 Å². The number of hydrogen-bond acceptors (Lipinski definition) is 5. The van der Waals surface area contributed by atoms with Crippen LogP contribution in [0.4, 0.5) is 0 Å². The molecule has 0 saturated carbocycles. The number of esters is 2. The van der Waals surface area contributed by atoms with Crippen molar-refractivity contribution < 1.29 is 24.2 Å². The number of aliphatic hydroxyl groups excluding tert-OH is 1. The minimum absolute atomic E-state index is 0.210. The van der Waals surface area contributed by atoms with Gasteiger partial charge in [0.05, 0.1) is 6.61 Å². The fourth-order valence-electron chi connectivity index (χ4n) is 1.40. The topological polar surface area (TPSA) is 72.8 Å². The number of carbonyl (C=O) groups is 2. The molecule has 1 N–H and O–H groups in total. The highest BCUT2D eigenvalue weighted by Crippen LogP contribution is 2.13. The zero-order valence-corrected chi connectivity index (χ0v) is 12.3. The van der Waals surface area contributed by atoms with E-state index in [1.807, 2.05) is 6.92 Å². The summed E-state index contributed by atoms with van der Waals surface area (Å²) in [5.74, 6) is -1.64. The average molecular weight is 272 g/mol. The van der Waals surface area contributed by atoms with E-state index in [1.54, 1.807) is 27.7 Å². The second-order valence-electron chi connectivity index (χ2n) is 5.16. The Morgan fingerprint density at radius 3 is 2.26 bits per heavy atom. The lowest BCUT2D eigenvalue weighted by Gasteiger charge is -2.19. The molecule has 0 aromatic rings. The monoisotopic (exact) mass is 272 g/mol. The van der Waals surface area contributed by atoms with E-state index in [4.69, 9.17) is 9.47 Å². The Kier molecular flexibility index (Phi) is 7.37. The first-order valence-electron chi connectivity index (χ1n) is 6.47. The Balaban J connectivity index is 4.55. The molecule has 2 atom stereocenters. The van der Waals surface area contributed by atoms with Gasteiger partial charge >= 0.3 is 11.9 Å². The Morgan fingerprint density at radius 1 is 1.26 bits per heavy atom. The average Bonchev–Trinajstić information content (AvgIpc) is 2.27. The minimum Gasteiger partial charge on any atom is -0.464 e. The van der Waals surface area contributed by atoms with Crippen LogP contribution in [0.15, 0.2) is 12.2 Å². The summed E-state index contributed by atoms with van der Waals surface area (Å²) >= 11 is 0. The number of rotatable bonds is 6. The van der Waals surface area contributed by atoms with E-state index in [2.05, 4.69) is 0 Å². The molecule has 0 aliphatic carbocycles. The maximum absolute atomic E-state index is 11.5. The fraction of sp³-hybridized carbons (Fsp3) is 0.714. The Labute approximate surface area is 114 Å². The Morgan fingerprint density at radius 2 is 1.84 bits per heavy atom. The smallest absolute Gasteiger partial charge is 0.335 e. The van der Waals surface area contributed by atoms with Crippen molar-refractivity contribution in [3.8, 4) is 0 Å². The fourth-order valence-corrected chi connectivity index (χ4v) is 1.40. The molecular weight excluding hydrogens is 248 g/mol. The zero-order valence-electron chi connectivity index (χ0n) is 12.3. The van der Waals surface area contributed by atoms with Gasteiger partial charge in [-0.2, -0.15) is 0 Å².